The molecule has 1 aliphatic rings. The predicted octanol–water partition coefficient (Wildman–Crippen LogP) is 3.62. The van der Waals surface area contributed by atoms with Crippen molar-refractivity contribution in [1.82, 2.24) is 4.90 Å². The summed E-state index contributed by atoms with van der Waals surface area (Å²) in [5.74, 6) is -1.27. The molecule has 0 spiro atoms. The number of ether oxygens (including phenoxy) is 1. The van der Waals surface area contributed by atoms with Crippen LogP contribution in [-0.2, 0) is 0 Å². The van der Waals surface area contributed by atoms with Gasteiger partial charge in [-0.2, -0.15) is 0 Å². The summed E-state index contributed by atoms with van der Waals surface area (Å²) in [4.78, 5) is 2.16. The fraction of sp³-hybridized carbons (Fsp3) is 0.600. The summed E-state index contributed by atoms with van der Waals surface area (Å²) in [5, 5.41) is 9.94. The maximum atomic E-state index is 13.6. The van der Waals surface area contributed by atoms with Crippen molar-refractivity contribution in [3.63, 3.8) is 0 Å². The monoisotopic (exact) mass is 399 g/mol. The van der Waals surface area contributed by atoms with Crippen molar-refractivity contribution in [3.05, 3.63) is 28.2 Å². The van der Waals surface area contributed by atoms with Crippen LogP contribution in [0.3, 0.4) is 0 Å². The second kappa shape index (κ2) is 9.01. The SMILES string of the molecule is CC1CCN(CC(O)COc2c(F)cc(Br)cc2F)CC1.Cl. The van der Waals surface area contributed by atoms with Crippen molar-refractivity contribution in [2.75, 3.05) is 26.2 Å². The van der Waals surface area contributed by atoms with Gasteiger partial charge in [-0.25, -0.2) is 8.78 Å². The highest BCUT2D eigenvalue weighted by molar-refractivity contribution is 9.10. The van der Waals surface area contributed by atoms with Crippen LogP contribution in [0.25, 0.3) is 0 Å². The van der Waals surface area contributed by atoms with Gasteiger partial charge in [0.05, 0.1) is 0 Å². The normalized spacial score (nSPS) is 17.9. The van der Waals surface area contributed by atoms with Gasteiger partial charge in [0.2, 0.25) is 0 Å². The number of piperidine rings is 1. The van der Waals surface area contributed by atoms with Crippen LogP contribution >= 0.6 is 28.3 Å². The summed E-state index contributed by atoms with van der Waals surface area (Å²) >= 11 is 3.01. The first kappa shape index (κ1) is 19.6. The van der Waals surface area contributed by atoms with Gasteiger partial charge in [0.1, 0.15) is 12.7 Å². The minimum absolute atomic E-state index is 0. The van der Waals surface area contributed by atoms with Gasteiger partial charge < -0.3 is 14.7 Å². The Kier molecular flexibility index (Phi) is 8.03. The number of β-amino-alcohol motifs (C(OH)–C–C–N with tert-alkyl or cyclic N) is 1. The second-order valence-electron chi connectivity index (χ2n) is 5.65. The minimum atomic E-state index is -0.777. The quantitative estimate of drug-likeness (QED) is 0.819. The lowest BCUT2D eigenvalue weighted by atomic mass is 9.99. The topological polar surface area (TPSA) is 32.7 Å². The predicted molar refractivity (Wildman–Crippen MR) is 87.6 cm³/mol. The maximum absolute atomic E-state index is 13.6. The third-order valence-electron chi connectivity index (χ3n) is 3.73. The van der Waals surface area contributed by atoms with E-state index in [-0.39, 0.29) is 19.0 Å². The number of rotatable bonds is 5. The van der Waals surface area contributed by atoms with E-state index in [1.165, 1.54) is 0 Å². The molecule has 1 atom stereocenters. The number of aliphatic hydroxyl groups excluding tert-OH is 1. The number of hydrogen-bond acceptors (Lipinski definition) is 3. The summed E-state index contributed by atoms with van der Waals surface area (Å²) in [6, 6.07) is 2.27. The van der Waals surface area contributed by atoms with Crippen molar-refractivity contribution < 1.29 is 18.6 Å². The highest BCUT2D eigenvalue weighted by Gasteiger charge is 2.19. The van der Waals surface area contributed by atoms with Gasteiger partial charge >= 0.3 is 0 Å². The van der Waals surface area contributed by atoms with Crippen LogP contribution in [0.2, 0.25) is 0 Å². The molecule has 22 heavy (non-hydrogen) atoms. The molecule has 0 radical (unpaired) electrons. The van der Waals surface area contributed by atoms with Gasteiger partial charge in [-0.05, 0) is 44.0 Å². The van der Waals surface area contributed by atoms with Gasteiger partial charge in [0.15, 0.2) is 17.4 Å². The van der Waals surface area contributed by atoms with Gasteiger partial charge in [0, 0.05) is 11.0 Å². The molecule has 3 nitrogen and oxygen atoms in total. The van der Waals surface area contributed by atoms with Crippen LogP contribution in [0.1, 0.15) is 19.8 Å². The fourth-order valence-corrected chi connectivity index (χ4v) is 2.84. The van der Waals surface area contributed by atoms with Crippen LogP contribution in [-0.4, -0.2) is 42.4 Å². The standard InChI is InChI=1S/C15H20BrF2NO2.ClH/c1-10-2-4-19(5-3-10)8-12(20)9-21-15-13(17)6-11(16)7-14(15)18;/h6-7,10,12,20H,2-5,8-9H2,1H3;1H. The summed E-state index contributed by atoms with van der Waals surface area (Å²) < 4.78 is 32.6. The minimum Gasteiger partial charge on any atom is -0.485 e. The zero-order valence-corrected chi connectivity index (χ0v) is 14.8. The first-order valence-corrected chi connectivity index (χ1v) is 7.92. The average Bonchev–Trinajstić information content (AvgIpc) is 2.40. The van der Waals surface area contributed by atoms with Gasteiger partial charge in [-0.1, -0.05) is 22.9 Å². The van der Waals surface area contributed by atoms with E-state index in [0.29, 0.717) is 11.0 Å². The molecule has 1 N–H and O–H groups in total. The van der Waals surface area contributed by atoms with Crippen LogP contribution in [0.5, 0.6) is 5.75 Å². The van der Waals surface area contributed by atoms with Crippen molar-refractivity contribution in [1.29, 1.82) is 0 Å². The summed E-state index contributed by atoms with van der Waals surface area (Å²) in [7, 11) is 0. The molecule has 1 unspecified atom stereocenters. The fourth-order valence-electron chi connectivity index (χ4n) is 2.44. The number of benzene rings is 1. The number of halogens is 4. The third kappa shape index (κ3) is 5.65. The Morgan fingerprint density at radius 1 is 1.32 bits per heavy atom. The molecule has 0 saturated carbocycles. The number of likely N-dealkylation sites (tertiary alicyclic amines) is 1. The second-order valence-corrected chi connectivity index (χ2v) is 6.56. The third-order valence-corrected chi connectivity index (χ3v) is 4.19. The van der Waals surface area contributed by atoms with Crippen LogP contribution < -0.4 is 4.74 Å². The Hall–Kier alpha value is -0.430. The van der Waals surface area contributed by atoms with E-state index in [1.807, 2.05) is 0 Å². The Bertz CT molecular complexity index is 462. The van der Waals surface area contributed by atoms with E-state index in [1.54, 1.807) is 0 Å². The molecule has 1 heterocycles. The number of aliphatic hydroxyl groups is 1. The largest absolute Gasteiger partial charge is 0.485 e. The summed E-state index contributed by atoms with van der Waals surface area (Å²) in [5.41, 5.74) is 0. The van der Waals surface area contributed by atoms with E-state index in [0.717, 1.165) is 44.0 Å². The van der Waals surface area contributed by atoms with E-state index in [2.05, 4.69) is 27.8 Å². The molecule has 0 aliphatic carbocycles. The number of hydrogen-bond donors (Lipinski definition) is 1. The molecular weight excluding hydrogens is 380 g/mol. The number of nitrogens with zero attached hydrogens (tertiary/aromatic N) is 1. The highest BCUT2D eigenvalue weighted by Crippen LogP contribution is 2.26. The lowest BCUT2D eigenvalue weighted by Crippen LogP contribution is -2.40. The maximum Gasteiger partial charge on any atom is 0.190 e. The van der Waals surface area contributed by atoms with Crippen LogP contribution in [0.15, 0.2) is 16.6 Å². The Morgan fingerprint density at radius 3 is 2.41 bits per heavy atom. The van der Waals surface area contributed by atoms with Gasteiger partial charge in [-0.15, -0.1) is 12.4 Å². The van der Waals surface area contributed by atoms with E-state index in [4.69, 9.17) is 4.74 Å². The Labute approximate surface area is 144 Å². The van der Waals surface area contributed by atoms with E-state index >= 15 is 0 Å². The van der Waals surface area contributed by atoms with Gasteiger partial charge in [-0.3, -0.25) is 0 Å². The van der Waals surface area contributed by atoms with Crippen LogP contribution in [0.4, 0.5) is 8.78 Å². The molecule has 1 aromatic rings. The van der Waals surface area contributed by atoms with Crippen LogP contribution in [0, 0.1) is 17.6 Å². The molecule has 7 heteroatoms. The molecule has 1 fully saturated rings. The molecular formula is C15H21BrClF2NO2. The van der Waals surface area contributed by atoms with Crippen molar-refractivity contribution >= 4 is 28.3 Å². The first-order valence-electron chi connectivity index (χ1n) is 7.13. The molecule has 126 valence electrons. The van der Waals surface area contributed by atoms with Gasteiger partial charge in [0.25, 0.3) is 0 Å². The van der Waals surface area contributed by atoms with E-state index in [9.17, 15) is 13.9 Å². The zero-order chi connectivity index (χ0) is 15.4. The molecule has 2 rings (SSSR count). The molecule has 0 amide bonds. The highest BCUT2D eigenvalue weighted by atomic mass is 79.9. The lowest BCUT2D eigenvalue weighted by molar-refractivity contribution is 0.0539. The average molecular weight is 401 g/mol. The zero-order valence-electron chi connectivity index (χ0n) is 12.4. The Morgan fingerprint density at radius 2 is 1.86 bits per heavy atom. The first-order chi connectivity index (χ1) is 9.95. The molecule has 0 aromatic heterocycles. The molecule has 0 bridgehead atoms. The lowest BCUT2D eigenvalue weighted by Gasteiger charge is -2.31. The molecule has 1 saturated heterocycles. The van der Waals surface area contributed by atoms with E-state index < -0.39 is 23.5 Å². The molecule has 1 aromatic carbocycles. The Balaban J connectivity index is 0.00000242. The summed E-state index contributed by atoms with van der Waals surface area (Å²) in [6.07, 6.45) is 1.47. The summed E-state index contributed by atoms with van der Waals surface area (Å²) in [6.45, 7) is 4.45. The van der Waals surface area contributed by atoms with Crippen molar-refractivity contribution in [2.45, 2.75) is 25.9 Å². The smallest absolute Gasteiger partial charge is 0.190 e. The van der Waals surface area contributed by atoms with Crippen molar-refractivity contribution in [3.8, 4) is 5.75 Å². The van der Waals surface area contributed by atoms with Crippen molar-refractivity contribution in [2.24, 2.45) is 5.92 Å². The molecule has 1 aliphatic heterocycles.